The van der Waals surface area contributed by atoms with Gasteiger partial charge in [-0.05, 0) is 53.9 Å². The number of aliphatic hydroxyl groups excluding tert-OH is 6. The van der Waals surface area contributed by atoms with Crippen molar-refractivity contribution < 1.29 is 44.8 Å². The van der Waals surface area contributed by atoms with Crippen molar-refractivity contribution in [2.45, 2.75) is 229 Å². The first-order chi connectivity index (χ1) is 27.2. The molecule has 2 aliphatic carbocycles. The molecule has 14 nitrogen and oxygen atoms in total. The number of hydrogen-bond donors (Lipinski definition) is 6. The minimum absolute atomic E-state index is 0.315. The Bertz CT molecular complexity index is 1280. The first-order valence-corrected chi connectivity index (χ1v) is 22.7. The van der Waals surface area contributed by atoms with Crippen molar-refractivity contribution in [2.75, 3.05) is 13.2 Å². The molecule has 1 aromatic heterocycles. The van der Waals surface area contributed by atoms with Crippen LogP contribution in [0.15, 0.2) is 4.79 Å². The SMILES string of the molecule is CCCCCCCCCCCCCC[C@@H](O)[C@@H](O)[C@H](COC1OC(CO)C(O)C(O)C1O)n1nnn(CCCCCCCCCC[C@H]2C[C@@H]3C[C@H]2[C@@H]2O[C@H]32)c1=O. The van der Waals surface area contributed by atoms with Gasteiger partial charge in [-0.3, -0.25) is 0 Å². The zero-order valence-corrected chi connectivity index (χ0v) is 34.2. The van der Waals surface area contributed by atoms with E-state index < -0.39 is 67.9 Å². The minimum Gasteiger partial charge on any atom is -0.394 e. The highest BCUT2D eigenvalue weighted by atomic mass is 16.7. The number of aryl methyl sites for hydroxylation is 1. The van der Waals surface area contributed by atoms with Crippen LogP contribution in [0.5, 0.6) is 0 Å². The maximum Gasteiger partial charge on any atom is 0.364 e. The molecule has 0 radical (unpaired) electrons. The number of aliphatic hydroxyl groups is 6. The Balaban J connectivity index is 1.02. The lowest BCUT2D eigenvalue weighted by Crippen LogP contribution is -2.59. The Hall–Kier alpha value is -1.49. The van der Waals surface area contributed by atoms with Gasteiger partial charge in [-0.15, -0.1) is 0 Å². The average molecular weight is 797 g/mol. The first kappa shape index (κ1) is 45.6. The Labute approximate surface area is 334 Å². The summed E-state index contributed by atoms with van der Waals surface area (Å²) in [6, 6.07) is -1.18. The molecule has 2 aliphatic heterocycles. The lowest BCUT2D eigenvalue weighted by Gasteiger charge is -2.40. The fourth-order valence-corrected chi connectivity index (χ4v) is 9.76. The van der Waals surface area contributed by atoms with Crippen LogP contribution in [0.2, 0.25) is 0 Å². The number of rotatable bonds is 31. The molecule has 2 bridgehead atoms. The molecule has 5 rings (SSSR count). The van der Waals surface area contributed by atoms with Gasteiger partial charge in [0.25, 0.3) is 0 Å². The van der Waals surface area contributed by atoms with Crippen molar-refractivity contribution in [1.29, 1.82) is 0 Å². The molecule has 2 saturated carbocycles. The number of tetrazole rings is 1. The fourth-order valence-electron chi connectivity index (χ4n) is 9.76. The molecule has 13 atom stereocenters. The molecule has 56 heavy (non-hydrogen) atoms. The lowest BCUT2D eigenvalue weighted by molar-refractivity contribution is -0.304. The quantitative estimate of drug-likeness (QED) is 0.0453. The van der Waals surface area contributed by atoms with Gasteiger partial charge in [0, 0.05) is 6.54 Å². The molecule has 14 heteroatoms. The highest BCUT2D eigenvalue weighted by molar-refractivity contribution is 5.10. The summed E-state index contributed by atoms with van der Waals surface area (Å²) in [4.78, 5) is 13.5. The van der Waals surface area contributed by atoms with E-state index in [0.29, 0.717) is 31.6 Å². The predicted molar refractivity (Wildman–Crippen MR) is 211 cm³/mol. The fraction of sp³-hybridized carbons (Fsp3) is 0.976. The molecule has 5 unspecified atom stereocenters. The summed E-state index contributed by atoms with van der Waals surface area (Å²) in [5.74, 6) is 2.60. The van der Waals surface area contributed by atoms with Crippen LogP contribution in [-0.4, -0.2) is 119 Å². The van der Waals surface area contributed by atoms with Crippen LogP contribution in [0.25, 0.3) is 0 Å². The van der Waals surface area contributed by atoms with Gasteiger partial charge in [-0.2, -0.15) is 9.36 Å². The number of nitrogens with zero attached hydrogens (tertiary/aromatic N) is 4. The van der Waals surface area contributed by atoms with Crippen molar-refractivity contribution in [3.8, 4) is 0 Å². The molecule has 6 N–H and O–H groups in total. The third kappa shape index (κ3) is 13.0. The molecule has 0 aromatic carbocycles. The van der Waals surface area contributed by atoms with Crippen LogP contribution in [-0.2, 0) is 20.8 Å². The van der Waals surface area contributed by atoms with Gasteiger partial charge >= 0.3 is 5.69 Å². The number of hydrogen-bond acceptors (Lipinski definition) is 12. The second-order valence-corrected chi connectivity index (χ2v) is 17.6. The van der Waals surface area contributed by atoms with Crippen LogP contribution in [0.1, 0.15) is 167 Å². The Morgan fingerprint density at radius 3 is 1.95 bits per heavy atom. The normalized spacial score (nSPS) is 31.1. The molecule has 4 aliphatic rings. The third-order valence-electron chi connectivity index (χ3n) is 13.3. The number of aromatic nitrogens is 4. The highest BCUT2D eigenvalue weighted by Gasteiger charge is 2.62. The van der Waals surface area contributed by atoms with Crippen LogP contribution in [0.4, 0.5) is 0 Å². The van der Waals surface area contributed by atoms with Gasteiger partial charge in [0.15, 0.2) is 6.29 Å². The van der Waals surface area contributed by atoms with Gasteiger partial charge in [0.1, 0.15) is 36.6 Å². The zero-order valence-electron chi connectivity index (χ0n) is 34.2. The molecule has 3 heterocycles. The summed E-state index contributed by atoms with van der Waals surface area (Å²) in [5, 5.41) is 71.1. The van der Waals surface area contributed by atoms with Crippen LogP contribution < -0.4 is 5.69 Å². The monoisotopic (exact) mass is 797 g/mol. The average Bonchev–Trinajstić information content (AvgIpc) is 3.63. The van der Waals surface area contributed by atoms with Gasteiger partial charge in [0.2, 0.25) is 0 Å². The number of fused-ring (bicyclic) bond motifs is 5. The number of epoxide rings is 1. The summed E-state index contributed by atoms with van der Waals surface area (Å²) < 4.78 is 19.3. The summed E-state index contributed by atoms with van der Waals surface area (Å²) >= 11 is 0. The minimum atomic E-state index is -1.66. The van der Waals surface area contributed by atoms with E-state index in [1.165, 1.54) is 101 Å². The van der Waals surface area contributed by atoms with E-state index in [-0.39, 0.29) is 0 Å². The standard InChI is InChI=1S/C42H76N4O10/c1-2-3-4-5-6-7-8-9-10-14-17-20-23-33(48)35(49)32(28-54-41-38(52)37(51)36(50)34(27-47)55-41)46-42(53)45(43-44-46)24-21-18-15-12-11-13-16-19-22-29-25-30-26-31(29)40-39(30)56-40/h29-41,47-52H,2-28H2,1H3/t29-,30+,31+,32-,33+,34?,35-,36?,37?,38?,39+,40-,41?/m0/s1. The van der Waals surface area contributed by atoms with Crippen molar-refractivity contribution in [3.05, 3.63) is 10.5 Å². The number of ether oxygens (including phenoxy) is 3. The Morgan fingerprint density at radius 2 is 1.34 bits per heavy atom. The summed E-state index contributed by atoms with van der Waals surface area (Å²) in [5.41, 5.74) is -0.553. The molecule has 0 amide bonds. The van der Waals surface area contributed by atoms with Crippen LogP contribution in [0, 0.1) is 17.8 Å². The molecule has 324 valence electrons. The third-order valence-corrected chi connectivity index (χ3v) is 13.3. The Morgan fingerprint density at radius 1 is 0.732 bits per heavy atom. The van der Waals surface area contributed by atoms with E-state index in [1.54, 1.807) is 0 Å². The van der Waals surface area contributed by atoms with E-state index in [1.807, 2.05) is 0 Å². The van der Waals surface area contributed by atoms with E-state index in [9.17, 15) is 35.4 Å². The van der Waals surface area contributed by atoms with Crippen molar-refractivity contribution >= 4 is 0 Å². The van der Waals surface area contributed by atoms with Gasteiger partial charge in [-0.1, -0.05) is 135 Å². The summed E-state index contributed by atoms with van der Waals surface area (Å²) in [6.07, 6.45) is 18.7. The van der Waals surface area contributed by atoms with E-state index >= 15 is 0 Å². The maximum atomic E-state index is 13.5. The lowest BCUT2D eigenvalue weighted by atomic mass is 9.85. The molecular formula is C42H76N4O10. The van der Waals surface area contributed by atoms with Gasteiger partial charge in [-0.25, -0.2) is 4.79 Å². The second-order valence-electron chi connectivity index (χ2n) is 17.6. The van der Waals surface area contributed by atoms with Gasteiger partial charge in [0.05, 0.1) is 31.5 Å². The number of unbranched alkanes of at least 4 members (excludes halogenated alkanes) is 18. The summed E-state index contributed by atoms with van der Waals surface area (Å²) in [7, 11) is 0. The van der Waals surface area contributed by atoms with E-state index in [0.717, 1.165) is 67.4 Å². The first-order valence-electron chi connectivity index (χ1n) is 22.7. The van der Waals surface area contributed by atoms with Crippen molar-refractivity contribution in [1.82, 2.24) is 19.8 Å². The smallest absolute Gasteiger partial charge is 0.364 e. The van der Waals surface area contributed by atoms with Crippen molar-refractivity contribution in [3.63, 3.8) is 0 Å². The largest absolute Gasteiger partial charge is 0.394 e. The van der Waals surface area contributed by atoms with Gasteiger partial charge < -0.3 is 44.8 Å². The summed E-state index contributed by atoms with van der Waals surface area (Å²) in [6.45, 7) is 1.55. The Kier molecular flexibility index (Phi) is 19.5. The van der Waals surface area contributed by atoms with Crippen molar-refractivity contribution in [2.24, 2.45) is 17.8 Å². The van der Waals surface area contributed by atoms with Crippen LogP contribution in [0.3, 0.4) is 0 Å². The zero-order chi connectivity index (χ0) is 39.9. The van der Waals surface area contributed by atoms with E-state index in [2.05, 4.69) is 17.4 Å². The molecule has 0 spiro atoms. The predicted octanol–water partition coefficient (Wildman–Crippen LogP) is 4.54. The van der Waals surface area contributed by atoms with E-state index in [4.69, 9.17) is 14.2 Å². The topological polar surface area (TPSA) is 205 Å². The molecule has 1 aromatic rings. The molecule has 2 saturated heterocycles. The molecule has 4 fully saturated rings. The second kappa shape index (κ2) is 23.9. The highest BCUT2D eigenvalue weighted by Crippen LogP contribution is 2.59. The van der Waals surface area contributed by atoms with Crippen LogP contribution >= 0.6 is 0 Å². The maximum absolute atomic E-state index is 13.5. The molecular weight excluding hydrogens is 720 g/mol.